The Morgan fingerprint density at radius 2 is 1.76 bits per heavy atom. The number of sulfonamides is 1. The molecule has 0 aromatic heterocycles. The Morgan fingerprint density at radius 1 is 1.10 bits per heavy atom. The van der Waals surface area contributed by atoms with Crippen LogP contribution in [0.2, 0.25) is 10.0 Å². The summed E-state index contributed by atoms with van der Waals surface area (Å²) in [6.45, 7) is 0.308. The van der Waals surface area contributed by atoms with Crippen LogP contribution >= 0.6 is 23.2 Å². The highest BCUT2D eigenvalue weighted by Crippen LogP contribution is 2.27. The molecule has 0 aliphatic carbocycles. The summed E-state index contributed by atoms with van der Waals surface area (Å²) in [6, 6.07) is 5.41. The van der Waals surface area contributed by atoms with Gasteiger partial charge in [0.25, 0.3) is 5.91 Å². The highest BCUT2D eigenvalue weighted by Gasteiger charge is 2.29. The van der Waals surface area contributed by atoms with Crippen molar-refractivity contribution < 1.29 is 27.1 Å². The van der Waals surface area contributed by atoms with Crippen molar-refractivity contribution in [1.29, 1.82) is 0 Å². The van der Waals surface area contributed by atoms with Crippen LogP contribution in [-0.2, 0) is 10.0 Å². The van der Waals surface area contributed by atoms with Crippen molar-refractivity contribution in [1.82, 2.24) is 4.31 Å². The number of aliphatic hydroxyl groups excluding tert-OH is 1. The summed E-state index contributed by atoms with van der Waals surface area (Å²) in [5.41, 5.74) is -0.279. The van der Waals surface area contributed by atoms with Crippen LogP contribution in [0, 0.1) is 11.6 Å². The zero-order chi connectivity index (χ0) is 21.3. The predicted molar refractivity (Wildman–Crippen MR) is 105 cm³/mol. The maximum absolute atomic E-state index is 13.5. The number of piperidine rings is 1. The van der Waals surface area contributed by atoms with Gasteiger partial charge in [0, 0.05) is 24.8 Å². The molecule has 29 heavy (non-hydrogen) atoms. The fraction of sp³-hybridized carbons (Fsp3) is 0.278. The Labute approximate surface area is 176 Å². The Balaban J connectivity index is 1.88. The van der Waals surface area contributed by atoms with Gasteiger partial charge in [-0.05, 0) is 37.1 Å². The maximum Gasteiger partial charge on any atom is 0.257 e. The van der Waals surface area contributed by atoms with E-state index in [9.17, 15) is 27.1 Å². The number of amides is 1. The molecule has 0 atom stereocenters. The molecule has 2 N–H and O–H groups in total. The van der Waals surface area contributed by atoms with Gasteiger partial charge in [0.2, 0.25) is 10.0 Å². The number of hydrogen-bond acceptors (Lipinski definition) is 4. The first kappa shape index (κ1) is 21.9. The summed E-state index contributed by atoms with van der Waals surface area (Å²) in [5, 5.41) is 11.3. The Kier molecular flexibility index (Phi) is 6.45. The van der Waals surface area contributed by atoms with Crippen molar-refractivity contribution in [3.05, 3.63) is 57.6 Å². The third kappa shape index (κ3) is 4.70. The lowest BCUT2D eigenvalue weighted by Gasteiger charge is -2.28. The predicted octanol–water partition coefficient (Wildman–Crippen LogP) is 3.67. The zero-order valence-corrected chi connectivity index (χ0v) is 17.2. The van der Waals surface area contributed by atoms with E-state index in [0.717, 1.165) is 18.2 Å². The number of carbonyl (C=O) groups is 1. The molecule has 6 nitrogen and oxygen atoms in total. The number of aliphatic hydroxyl groups is 1. The van der Waals surface area contributed by atoms with E-state index in [1.165, 1.54) is 16.4 Å². The summed E-state index contributed by atoms with van der Waals surface area (Å²) in [4.78, 5) is 12.4. The molecule has 1 aliphatic heterocycles. The fourth-order valence-corrected chi connectivity index (χ4v) is 4.80. The van der Waals surface area contributed by atoms with Crippen LogP contribution in [0.25, 0.3) is 0 Å². The topological polar surface area (TPSA) is 86.7 Å². The maximum atomic E-state index is 13.5. The molecule has 0 saturated carbocycles. The number of hydrogen-bond donors (Lipinski definition) is 2. The molecule has 1 fully saturated rings. The standard InChI is InChI=1S/C18H16Cl2F2N2O4S/c19-14-2-1-12(29(27,28)24-5-3-11(25)4-6-24)9-13(14)18(26)23-10-7-15(20)17(22)16(21)8-10/h1-2,7-9,11,25H,3-6H2,(H,23,26). The molecule has 2 aromatic carbocycles. The summed E-state index contributed by atoms with van der Waals surface area (Å²) in [7, 11) is -3.90. The average Bonchev–Trinajstić information content (AvgIpc) is 2.66. The minimum Gasteiger partial charge on any atom is -0.393 e. The van der Waals surface area contributed by atoms with Crippen LogP contribution in [0.5, 0.6) is 0 Å². The number of rotatable bonds is 4. The van der Waals surface area contributed by atoms with E-state index in [2.05, 4.69) is 5.32 Å². The molecule has 156 valence electrons. The number of benzene rings is 2. The molecule has 1 heterocycles. The van der Waals surface area contributed by atoms with Gasteiger partial charge in [-0.25, -0.2) is 17.2 Å². The van der Waals surface area contributed by atoms with Gasteiger partial charge in [-0.15, -0.1) is 0 Å². The molecule has 1 amide bonds. The summed E-state index contributed by atoms with van der Waals surface area (Å²) >= 11 is 11.6. The Bertz CT molecular complexity index is 1030. The average molecular weight is 465 g/mol. The lowest BCUT2D eigenvalue weighted by Crippen LogP contribution is -2.40. The monoisotopic (exact) mass is 464 g/mol. The third-order valence-corrected chi connectivity index (χ3v) is 6.98. The van der Waals surface area contributed by atoms with Crippen molar-refractivity contribution in [2.45, 2.75) is 23.8 Å². The molecular formula is C18H16Cl2F2N2O4S. The van der Waals surface area contributed by atoms with Crippen LogP contribution in [0.3, 0.4) is 0 Å². The molecule has 0 radical (unpaired) electrons. The van der Waals surface area contributed by atoms with Gasteiger partial charge in [-0.3, -0.25) is 4.79 Å². The second-order valence-electron chi connectivity index (χ2n) is 6.48. The van der Waals surface area contributed by atoms with Crippen LogP contribution in [0.4, 0.5) is 14.5 Å². The fourth-order valence-electron chi connectivity index (χ4n) is 2.90. The number of nitrogens with zero attached hydrogens (tertiary/aromatic N) is 1. The lowest BCUT2D eigenvalue weighted by molar-refractivity contribution is 0.102. The molecule has 0 bridgehead atoms. The van der Waals surface area contributed by atoms with Crippen LogP contribution in [0.15, 0.2) is 35.2 Å². The van der Waals surface area contributed by atoms with E-state index >= 15 is 0 Å². The van der Waals surface area contributed by atoms with Crippen molar-refractivity contribution in [3.8, 4) is 0 Å². The van der Waals surface area contributed by atoms with Gasteiger partial charge in [0.15, 0.2) is 11.6 Å². The summed E-state index contributed by atoms with van der Waals surface area (Å²) < 4.78 is 53.7. The van der Waals surface area contributed by atoms with Crippen molar-refractivity contribution in [2.75, 3.05) is 18.4 Å². The first-order chi connectivity index (χ1) is 13.6. The second-order valence-corrected chi connectivity index (χ2v) is 9.24. The van der Waals surface area contributed by atoms with Crippen molar-refractivity contribution in [2.24, 2.45) is 0 Å². The molecule has 11 heteroatoms. The smallest absolute Gasteiger partial charge is 0.257 e. The van der Waals surface area contributed by atoms with Gasteiger partial charge in [-0.1, -0.05) is 23.2 Å². The number of nitrogens with one attached hydrogen (secondary N) is 1. The Morgan fingerprint density at radius 3 is 2.38 bits per heavy atom. The molecule has 3 rings (SSSR count). The molecular weight excluding hydrogens is 449 g/mol. The lowest BCUT2D eigenvalue weighted by atomic mass is 10.1. The Hall–Kier alpha value is -1.78. The molecule has 0 spiro atoms. The van der Waals surface area contributed by atoms with Crippen molar-refractivity contribution in [3.63, 3.8) is 0 Å². The van der Waals surface area contributed by atoms with Gasteiger partial charge < -0.3 is 10.4 Å². The molecule has 1 saturated heterocycles. The molecule has 2 aromatic rings. The van der Waals surface area contributed by atoms with Crippen LogP contribution < -0.4 is 5.32 Å². The first-order valence-electron chi connectivity index (χ1n) is 8.53. The summed E-state index contributed by atoms with van der Waals surface area (Å²) in [5.74, 6) is -3.31. The van der Waals surface area contributed by atoms with Crippen LogP contribution in [0.1, 0.15) is 23.2 Å². The minimum atomic E-state index is -3.90. The van der Waals surface area contributed by atoms with E-state index in [4.69, 9.17) is 23.2 Å². The van der Waals surface area contributed by atoms with E-state index in [-0.39, 0.29) is 34.3 Å². The van der Waals surface area contributed by atoms with E-state index in [0.29, 0.717) is 12.8 Å². The van der Waals surface area contributed by atoms with Gasteiger partial charge in [0.05, 0.1) is 26.6 Å². The largest absolute Gasteiger partial charge is 0.393 e. The van der Waals surface area contributed by atoms with Crippen molar-refractivity contribution >= 4 is 44.8 Å². The highest BCUT2D eigenvalue weighted by molar-refractivity contribution is 7.89. The minimum absolute atomic E-state index is 0.0239. The second kappa shape index (κ2) is 8.53. The number of carbonyl (C=O) groups excluding carboxylic acids is 1. The third-order valence-electron chi connectivity index (χ3n) is 4.49. The zero-order valence-electron chi connectivity index (χ0n) is 14.8. The highest BCUT2D eigenvalue weighted by atomic mass is 35.5. The van der Waals surface area contributed by atoms with Gasteiger partial charge in [0.1, 0.15) is 0 Å². The normalized spacial score (nSPS) is 16.0. The van der Waals surface area contributed by atoms with Gasteiger partial charge >= 0.3 is 0 Å². The van der Waals surface area contributed by atoms with E-state index in [1.807, 2.05) is 0 Å². The quantitative estimate of drug-likeness (QED) is 0.675. The SMILES string of the molecule is O=C(Nc1cc(F)c(F)c(Cl)c1)c1cc(S(=O)(=O)N2CCC(O)CC2)ccc1Cl. The molecule has 1 aliphatic rings. The number of anilines is 1. The number of halogens is 4. The van der Waals surface area contributed by atoms with E-state index < -0.39 is 38.7 Å². The summed E-state index contributed by atoms with van der Waals surface area (Å²) in [6.07, 6.45) is 0.0876. The molecule has 0 unspecified atom stereocenters. The van der Waals surface area contributed by atoms with Crippen LogP contribution in [-0.4, -0.2) is 42.9 Å². The first-order valence-corrected chi connectivity index (χ1v) is 10.7. The van der Waals surface area contributed by atoms with Gasteiger partial charge in [-0.2, -0.15) is 4.31 Å². The van der Waals surface area contributed by atoms with E-state index in [1.54, 1.807) is 0 Å².